The molecule has 0 radical (unpaired) electrons. The van der Waals surface area contributed by atoms with Gasteiger partial charge in [-0.1, -0.05) is 0 Å². The second-order valence-electron chi connectivity index (χ2n) is 4.95. The van der Waals surface area contributed by atoms with E-state index >= 15 is 0 Å². The highest BCUT2D eigenvalue weighted by Gasteiger charge is 2.01. The van der Waals surface area contributed by atoms with Crippen LogP contribution in [0.3, 0.4) is 0 Å². The molecule has 98 valence electrons. The number of rotatable bonds is 8. The first-order chi connectivity index (χ1) is 8.09. The molecule has 0 amide bonds. The average Bonchev–Trinajstić information content (AvgIpc) is 2.68. The van der Waals surface area contributed by atoms with E-state index in [0.29, 0.717) is 6.04 Å². The summed E-state index contributed by atoms with van der Waals surface area (Å²) in [5.41, 5.74) is 1.17. The van der Waals surface area contributed by atoms with Crippen LogP contribution in [-0.4, -0.2) is 41.0 Å². The Labute approximate surface area is 105 Å². The molecule has 0 aliphatic carbocycles. The fourth-order valence-corrected chi connectivity index (χ4v) is 1.65. The summed E-state index contributed by atoms with van der Waals surface area (Å²) in [6.07, 6.45) is 4.38. The molecular formula is C13H26N4. The molecule has 0 spiro atoms. The van der Waals surface area contributed by atoms with Crippen molar-refractivity contribution in [3.63, 3.8) is 0 Å². The maximum atomic E-state index is 4.17. The Morgan fingerprint density at radius 2 is 2.18 bits per heavy atom. The summed E-state index contributed by atoms with van der Waals surface area (Å²) < 4.78 is 0. The van der Waals surface area contributed by atoms with Crippen molar-refractivity contribution in [3.05, 3.63) is 17.7 Å². The van der Waals surface area contributed by atoms with Crippen LogP contribution in [0.2, 0.25) is 0 Å². The molecule has 1 rings (SSSR count). The van der Waals surface area contributed by atoms with E-state index in [4.69, 9.17) is 0 Å². The van der Waals surface area contributed by atoms with Gasteiger partial charge in [0.2, 0.25) is 0 Å². The van der Waals surface area contributed by atoms with Crippen molar-refractivity contribution in [1.82, 2.24) is 20.2 Å². The number of hydrogen-bond donors (Lipinski definition) is 2. The van der Waals surface area contributed by atoms with Gasteiger partial charge in [0.1, 0.15) is 5.82 Å². The van der Waals surface area contributed by atoms with Crippen LogP contribution in [0.15, 0.2) is 6.20 Å². The Bertz CT molecular complexity index is 306. The van der Waals surface area contributed by atoms with Gasteiger partial charge in [-0.05, 0) is 53.8 Å². The van der Waals surface area contributed by atoms with Crippen molar-refractivity contribution in [1.29, 1.82) is 0 Å². The summed E-state index contributed by atoms with van der Waals surface area (Å²) in [5, 5.41) is 3.43. The lowest BCUT2D eigenvalue weighted by molar-refractivity contribution is 0.268. The Kier molecular flexibility index (Phi) is 6.22. The first-order valence-corrected chi connectivity index (χ1v) is 6.51. The molecular weight excluding hydrogens is 212 g/mol. The molecule has 17 heavy (non-hydrogen) atoms. The summed E-state index contributed by atoms with van der Waals surface area (Å²) in [7, 11) is 2.19. The second kappa shape index (κ2) is 7.45. The molecule has 1 aromatic rings. The van der Waals surface area contributed by atoms with Crippen molar-refractivity contribution < 1.29 is 0 Å². The number of nitrogens with one attached hydrogen (secondary N) is 2. The van der Waals surface area contributed by atoms with E-state index in [2.05, 4.69) is 41.1 Å². The molecule has 0 aromatic carbocycles. The Morgan fingerprint density at radius 1 is 1.41 bits per heavy atom. The van der Waals surface area contributed by atoms with Gasteiger partial charge in [0.15, 0.2) is 0 Å². The Morgan fingerprint density at radius 3 is 2.76 bits per heavy atom. The van der Waals surface area contributed by atoms with Gasteiger partial charge in [0.05, 0.1) is 0 Å². The fourth-order valence-electron chi connectivity index (χ4n) is 1.65. The van der Waals surface area contributed by atoms with Crippen molar-refractivity contribution in [2.75, 3.05) is 20.1 Å². The molecule has 0 saturated heterocycles. The Hall–Kier alpha value is -0.870. The minimum absolute atomic E-state index is 0.649. The van der Waals surface area contributed by atoms with Crippen molar-refractivity contribution in [3.8, 4) is 0 Å². The molecule has 0 bridgehead atoms. The van der Waals surface area contributed by atoms with Crippen LogP contribution >= 0.6 is 0 Å². The first kappa shape index (κ1) is 14.2. The smallest absolute Gasteiger partial charge is 0.103 e. The van der Waals surface area contributed by atoms with Gasteiger partial charge in [0, 0.05) is 24.5 Å². The lowest BCUT2D eigenvalue weighted by Gasteiger charge is -2.20. The van der Waals surface area contributed by atoms with E-state index in [9.17, 15) is 0 Å². The number of H-pyrrole nitrogens is 1. The van der Waals surface area contributed by atoms with Crippen molar-refractivity contribution in [2.45, 2.75) is 46.2 Å². The van der Waals surface area contributed by atoms with E-state index in [1.807, 2.05) is 13.1 Å². The van der Waals surface area contributed by atoms with Crippen LogP contribution in [0.4, 0.5) is 0 Å². The zero-order valence-corrected chi connectivity index (χ0v) is 11.6. The highest BCUT2D eigenvalue weighted by Crippen LogP contribution is 1.98. The van der Waals surface area contributed by atoms with E-state index in [0.717, 1.165) is 18.9 Å². The minimum Gasteiger partial charge on any atom is -0.345 e. The summed E-state index contributed by atoms with van der Waals surface area (Å²) in [4.78, 5) is 9.78. The van der Waals surface area contributed by atoms with Crippen LogP contribution in [0.25, 0.3) is 0 Å². The highest BCUT2D eigenvalue weighted by molar-refractivity contribution is 4.98. The molecule has 1 heterocycles. The summed E-state index contributed by atoms with van der Waals surface area (Å²) in [5.74, 6) is 0.986. The molecule has 4 heteroatoms. The van der Waals surface area contributed by atoms with Gasteiger partial charge in [-0.15, -0.1) is 0 Å². The number of aromatic amines is 1. The van der Waals surface area contributed by atoms with Gasteiger partial charge in [-0.2, -0.15) is 0 Å². The molecule has 0 unspecified atom stereocenters. The predicted molar refractivity (Wildman–Crippen MR) is 72.0 cm³/mol. The van der Waals surface area contributed by atoms with Gasteiger partial charge in [0.25, 0.3) is 0 Å². The van der Waals surface area contributed by atoms with Crippen LogP contribution in [0, 0.1) is 6.92 Å². The normalized spacial score (nSPS) is 11.6. The standard InChI is InChI=1S/C13H26N4/c1-11(2)17(4)8-6-5-7-14-9-13-10-15-12(3)16-13/h10-11,14H,5-9H2,1-4H3,(H,15,16). The van der Waals surface area contributed by atoms with Crippen LogP contribution in [-0.2, 0) is 6.54 Å². The summed E-state index contributed by atoms with van der Waals surface area (Å²) in [6.45, 7) is 9.59. The van der Waals surface area contributed by atoms with Crippen LogP contribution in [0.5, 0.6) is 0 Å². The van der Waals surface area contributed by atoms with E-state index < -0.39 is 0 Å². The van der Waals surface area contributed by atoms with Gasteiger partial charge >= 0.3 is 0 Å². The summed E-state index contributed by atoms with van der Waals surface area (Å²) >= 11 is 0. The molecule has 0 aliphatic rings. The van der Waals surface area contributed by atoms with Crippen LogP contribution < -0.4 is 5.32 Å². The van der Waals surface area contributed by atoms with E-state index in [1.165, 1.54) is 25.1 Å². The minimum atomic E-state index is 0.649. The average molecular weight is 238 g/mol. The zero-order valence-electron chi connectivity index (χ0n) is 11.6. The molecule has 0 atom stereocenters. The lowest BCUT2D eigenvalue weighted by Crippen LogP contribution is -2.27. The van der Waals surface area contributed by atoms with E-state index in [-0.39, 0.29) is 0 Å². The predicted octanol–water partition coefficient (Wildman–Crippen LogP) is 1.93. The molecule has 4 nitrogen and oxygen atoms in total. The number of unbranched alkanes of at least 4 members (excludes halogenated alkanes) is 1. The topological polar surface area (TPSA) is 44.0 Å². The number of aromatic nitrogens is 2. The third-order valence-corrected chi connectivity index (χ3v) is 3.07. The highest BCUT2D eigenvalue weighted by atomic mass is 15.1. The Balaban J connectivity index is 1.98. The molecule has 0 aliphatic heterocycles. The third-order valence-electron chi connectivity index (χ3n) is 3.07. The second-order valence-corrected chi connectivity index (χ2v) is 4.95. The number of imidazole rings is 1. The number of aryl methyl sites for hydroxylation is 1. The molecule has 0 saturated carbocycles. The maximum Gasteiger partial charge on any atom is 0.103 e. The molecule has 1 aromatic heterocycles. The fraction of sp³-hybridized carbons (Fsp3) is 0.769. The van der Waals surface area contributed by atoms with Gasteiger partial charge in [-0.25, -0.2) is 4.98 Å². The maximum absolute atomic E-state index is 4.17. The van der Waals surface area contributed by atoms with Crippen molar-refractivity contribution in [2.24, 2.45) is 0 Å². The van der Waals surface area contributed by atoms with Crippen molar-refractivity contribution >= 4 is 0 Å². The molecule has 2 N–H and O–H groups in total. The number of nitrogens with zero attached hydrogens (tertiary/aromatic N) is 2. The van der Waals surface area contributed by atoms with Gasteiger partial charge < -0.3 is 15.2 Å². The molecule has 0 fully saturated rings. The quantitative estimate of drug-likeness (QED) is 0.680. The SMILES string of the molecule is Cc1ncc(CNCCCCN(C)C(C)C)[nH]1. The van der Waals surface area contributed by atoms with Gasteiger partial charge in [-0.3, -0.25) is 0 Å². The first-order valence-electron chi connectivity index (χ1n) is 6.51. The van der Waals surface area contributed by atoms with Crippen LogP contribution in [0.1, 0.15) is 38.2 Å². The zero-order chi connectivity index (χ0) is 12.7. The lowest BCUT2D eigenvalue weighted by atomic mass is 10.2. The summed E-state index contributed by atoms with van der Waals surface area (Å²) in [6, 6.07) is 0.649. The number of hydrogen-bond acceptors (Lipinski definition) is 3. The third kappa shape index (κ3) is 5.84. The van der Waals surface area contributed by atoms with E-state index in [1.54, 1.807) is 0 Å². The monoisotopic (exact) mass is 238 g/mol. The largest absolute Gasteiger partial charge is 0.345 e.